The van der Waals surface area contributed by atoms with Crippen LogP contribution in [0.15, 0.2) is 24.3 Å². The molecule has 0 radical (unpaired) electrons. The van der Waals surface area contributed by atoms with Crippen molar-refractivity contribution in [2.24, 2.45) is 5.92 Å². The zero-order valence-corrected chi connectivity index (χ0v) is 17.5. The highest BCUT2D eigenvalue weighted by Gasteiger charge is 2.26. The van der Waals surface area contributed by atoms with E-state index in [1.54, 1.807) is 4.90 Å². The summed E-state index contributed by atoms with van der Waals surface area (Å²) in [6.07, 6.45) is 7.54. The molecule has 3 amide bonds. The summed E-state index contributed by atoms with van der Waals surface area (Å²) in [5, 5.41) is 3.18. The maximum Gasteiger partial charge on any atom is 0.318 e. The first-order valence-electron chi connectivity index (χ1n) is 10.9. The minimum absolute atomic E-state index is 0.0528. The molecule has 0 spiro atoms. The molecule has 0 atom stereocenters. The molecule has 0 saturated heterocycles. The zero-order valence-electron chi connectivity index (χ0n) is 17.5. The van der Waals surface area contributed by atoms with Crippen molar-refractivity contribution in [3.05, 3.63) is 35.4 Å². The Balaban J connectivity index is 1.59. The van der Waals surface area contributed by atoms with Crippen LogP contribution < -0.4 is 5.32 Å². The average molecular weight is 386 g/mol. The summed E-state index contributed by atoms with van der Waals surface area (Å²) in [4.78, 5) is 29.5. The molecule has 1 aliphatic heterocycles. The van der Waals surface area contributed by atoms with Crippen molar-refractivity contribution in [1.29, 1.82) is 0 Å². The molecule has 28 heavy (non-hydrogen) atoms. The lowest BCUT2D eigenvalue weighted by Crippen LogP contribution is -2.50. The number of hydrogen-bond donors (Lipinski definition) is 1. The Kier molecular flexibility index (Phi) is 7.35. The maximum absolute atomic E-state index is 13.0. The average Bonchev–Trinajstić information content (AvgIpc) is 2.71. The molecule has 154 valence electrons. The summed E-state index contributed by atoms with van der Waals surface area (Å²) < 4.78 is 0. The molecule has 1 aliphatic carbocycles. The molecule has 0 aromatic heterocycles. The molecule has 5 heteroatoms. The number of amides is 3. The van der Waals surface area contributed by atoms with Crippen molar-refractivity contribution >= 4 is 11.9 Å². The van der Waals surface area contributed by atoms with Crippen LogP contribution >= 0.6 is 0 Å². The van der Waals surface area contributed by atoms with Crippen LogP contribution in [0.25, 0.3) is 0 Å². The molecule has 0 bridgehead atoms. The van der Waals surface area contributed by atoms with Crippen molar-refractivity contribution in [3.63, 3.8) is 0 Å². The fourth-order valence-electron chi connectivity index (χ4n) is 4.15. The van der Waals surface area contributed by atoms with Gasteiger partial charge in [0.15, 0.2) is 0 Å². The molecule has 1 heterocycles. The molecular formula is C23H35N3O2. The van der Waals surface area contributed by atoms with Crippen LogP contribution in [-0.2, 0) is 17.8 Å². The lowest BCUT2D eigenvalue weighted by atomic mass is 9.96. The van der Waals surface area contributed by atoms with Crippen LogP contribution in [0.5, 0.6) is 0 Å². The number of hydrogen-bond acceptors (Lipinski definition) is 2. The predicted octanol–water partition coefficient (Wildman–Crippen LogP) is 3.96. The van der Waals surface area contributed by atoms with Gasteiger partial charge in [0.05, 0.1) is 0 Å². The molecule has 2 aliphatic rings. The SMILES string of the molecule is CC(C)CCN(CC(=O)N1CCc2ccccc2C1)C(=O)NC1CCCCC1. The fourth-order valence-corrected chi connectivity index (χ4v) is 4.15. The third-order valence-corrected chi connectivity index (χ3v) is 6.01. The molecular weight excluding hydrogens is 350 g/mol. The normalized spacial score (nSPS) is 17.3. The Morgan fingerprint density at radius 2 is 1.86 bits per heavy atom. The summed E-state index contributed by atoms with van der Waals surface area (Å²) in [5.74, 6) is 0.555. The van der Waals surface area contributed by atoms with E-state index in [0.717, 1.165) is 32.2 Å². The first kappa shape index (κ1) is 20.7. The van der Waals surface area contributed by atoms with Gasteiger partial charge in [0.25, 0.3) is 0 Å². The standard InChI is InChI=1S/C23H35N3O2/c1-18(2)12-14-26(23(28)24-21-10-4-3-5-11-21)17-22(27)25-15-13-19-8-6-7-9-20(19)16-25/h6-9,18,21H,3-5,10-17H2,1-2H3,(H,24,28). The summed E-state index contributed by atoms with van der Waals surface area (Å²) in [7, 11) is 0. The molecule has 1 aromatic carbocycles. The van der Waals surface area contributed by atoms with Crippen LogP contribution in [0.4, 0.5) is 4.79 Å². The third kappa shape index (κ3) is 5.73. The second-order valence-electron chi connectivity index (χ2n) is 8.72. The van der Waals surface area contributed by atoms with Crippen LogP contribution in [-0.4, -0.2) is 47.4 Å². The zero-order chi connectivity index (χ0) is 19.9. The summed E-state index contributed by atoms with van der Waals surface area (Å²) >= 11 is 0. The van der Waals surface area contributed by atoms with Crippen molar-refractivity contribution < 1.29 is 9.59 Å². The van der Waals surface area contributed by atoms with Gasteiger partial charge in [-0.15, -0.1) is 0 Å². The van der Waals surface area contributed by atoms with E-state index < -0.39 is 0 Å². The van der Waals surface area contributed by atoms with Crippen LogP contribution in [0.1, 0.15) is 63.5 Å². The highest BCUT2D eigenvalue weighted by molar-refractivity contribution is 5.84. The Labute approximate surface area is 169 Å². The molecule has 3 rings (SSSR count). The van der Waals surface area contributed by atoms with Gasteiger partial charge in [-0.05, 0) is 42.7 Å². The Morgan fingerprint density at radius 3 is 2.57 bits per heavy atom. The van der Waals surface area contributed by atoms with E-state index in [1.165, 1.54) is 30.4 Å². The summed E-state index contributed by atoms with van der Waals surface area (Å²) in [6, 6.07) is 8.52. The van der Waals surface area contributed by atoms with E-state index in [2.05, 4.69) is 37.4 Å². The Bertz CT molecular complexity index is 668. The third-order valence-electron chi connectivity index (χ3n) is 6.01. The first-order valence-corrected chi connectivity index (χ1v) is 10.9. The van der Waals surface area contributed by atoms with E-state index in [9.17, 15) is 9.59 Å². The minimum atomic E-state index is -0.0710. The Hall–Kier alpha value is -2.04. The van der Waals surface area contributed by atoms with Crippen LogP contribution in [0.3, 0.4) is 0 Å². The minimum Gasteiger partial charge on any atom is -0.336 e. The van der Waals surface area contributed by atoms with E-state index in [0.29, 0.717) is 19.0 Å². The van der Waals surface area contributed by atoms with Gasteiger partial charge in [-0.3, -0.25) is 4.79 Å². The smallest absolute Gasteiger partial charge is 0.318 e. The van der Waals surface area contributed by atoms with Gasteiger partial charge in [-0.25, -0.2) is 4.79 Å². The monoisotopic (exact) mass is 385 g/mol. The molecule has 1 aromatic rings. The van der Waals surface area contributed by atoms with Crippen molar-refractivity contribution in [2.75, 3.05) is 19.6 Å². The van der Waals surface area contributed by atoms with Crippen LogP contribution in [0.2, 0.25) is 0 Å². The number of urea groups is 1. The van der Waals surface area contributed by atoms with Crippen LogP contribution in [0, 0.1) is 5.92 Å². The van der Waals surface area contributed by atoms with Crippen molar-refractivity contribution in [2.45, 2.75) is 71.4 Å². The van der Waals surface area contributed by atoms with Crippen molar-refractivity contribution in [1.82, 2.24) is 15.1 Å². The lowest BCUT2D eigenvalue weighted by Gasteiger charge is -2.32. The second kappa shape index (κ2) is 9.94. The first-order chi connectivity index (χ1) is 13.5. The topological polar surface area (TPSA) is 52.7 Å². The number of carbonyl (C=O) groups excluding carboxylic acids is 2. The highest BCUT2D eigenvalue weighted by atomic mass is 16.2. The van der Waals surface area contributed by atoms with E-state index in [1.807, 2.05) is 11.0 Å². The number of benzene rings is 1. The fraction of sp³-hybridized carbons (Fsp3) is 0.652. The number of rotatable bonds is 6. The van der Waals surface area contributed by atoms with Gasteiger partial charge < -0.3 is 15.1 Å². The van der Waals surface area contributed by atoms with Gasteiger partial charge in [0.2, 0.25) is 5.91 Å². The lowest BCUT2D eigenvalue weighted by molar-refractivity contribution is -0.132. The highest BCUT2D eigenvalue weighted by Crippen LogP contribution is 2.20. The molecule has 5 nitrogen and oxygen atoms in total. The van der Waals surface area contributed by atoms with E-state index in [4.69, 9.17) is 0 Å². The van der Waals surface area contributed by atoms with Gasteiger partial charge >= 0.3 is 6.03 Å². The predicted molar refractivity (Wildman–Crippen MR) is 112 cm³/mol. The number of carbonyl (C=O) groups is 2. The number of nitrogens with zero attached hydrogens (tertiary/aromatic N) is 2. The van der Waals surface area contributed by atoms with Gasteiger partial charge in [0, 0.05) is 25.7 Å². The summed E-state index contributed by atoms with van der Waals surface area (Å²) in [5.41, 5.74) is 2.56. The maximum atomic E-state index is 13.0. The molecule has 1 N–H and O–H groups in total. The quantitative estimate of drug-likeness (QED) is 0.806. The molecule has 1 saturated carbocycles. The van der Waals surface area contributed by atoms with Gasteiger partial charge in [-0.2, -0.15) is 0 Å². The van der Waals surface area contributed by atoms with Gasteiger partial charge in [-0.1, -0.05) is 57.4 Å². The van der Waals surface area contributed by atoms with E-state index >= 15 is 0 Å². The van der Waals surface area contributed by atoms with E-state index in [-0.39, 0.29) is 24.5 Å². The molecule has 0 unspecified atom stereocenters. The Morgan fingerprint density at radius 1 is 1.14 bits per heavy atom. The molecule has 1 fully saturated rings. The summed E-state index contributed by atoms with van der Waals surface area (Å²) in [6.45, 7) is 6.50. The van der Waals surface area contributed by atoms with Gasteiger partial charge in [0.1, 0.15) is 6.54 Å². The number of fused-ring (bicyclic) bond motifs is 1. The largest absolute Gasteiger partial charge is 0.336 e. The van der Waals surface area contributed by atoms with Crippen molar-refractivity contribution in [3.8, 4) is 0 Å². The number of nitrogens with one attached hydrogen (secondary N) is 1. The second-order valence-corrected chi connectivity index (χ2v) is 8.72.